The van der Waals surface area contributed by atoms with Crippen molar-refractivity contribution in [2.24, 2.45) is 5.92 Å². The molecule has 74 valence electrons. The van der Waals surface area contributed by atoms with Crippen LogP contribution in [0.25, 0.3) is 0 Å². The number of carbonyl (C=O) groups is 1. The molecule has 0 aromatic rings. The van der Waals surface area contributed by atoms with Crippen molar-refractivity contribution in [1.82, 2.24) is 0 Å². The van der Waals surface area contributed by atoms with Crippen LogP contribution in [0.15, 0.2) is 12.2 Å². The fraction of sp³-hybridized carbons (Fsp3) is 0.571. The molecule has 0 aromatic carbocycles. The van der Waals surface area contributed by atoms with Crippen LogP contribution in [0.5, 0.6) is 0 Å². The largest absolute Gasteiger partial charge is 0.291 e. The Kier molecular flexibility index (Phi) is 2.40. The van der Waals surface area contributed by atoms with Gasteiger partial charge in [0.05, 0.1) is 5.92 Å². The van der Waals surface area contributed by atoms with Crippen LogP contribution in [-0.4, -0.2) is 23.5 Å². The molecule has 3 atom stereocenters. The highest BCUT2D eigenvalue weighted by atomic mass is 35.5. The number of hydrogen-bond donors (Lipinski definition) is 0. The summed E-state index contributed by atoms with van der Waals surface area (Å²) in [6.45, 7) is 2.89. The maximum Gasteiger partial charge on any atom is 0.291 e. The van der Waals surface area contributed by atoms with Crippen LogP contribution in [0.2, 0.25) is 0 Å². The zero-order chi connectivity index (χ0) is 10.4. The second-order valence-electron chi connectivity index (χ2n) is 2.80. The van der Waals surface area contributed by atoms with Gasteiger partial charge in [0.25, 0.3) is 5.92 Å². The van der Waals surface area contributed by atoms with E-state index in [1.54, 1.807) is 0 Å². The van der Waals surface area contributed by atoms with Gasteiger partial charge in [0.15, 0.2) is 12.3 Å². The maximum absolute atomic E-state index is 12.6. The number of hydrogen-bond acceptors (Lipinski definition) is 1. The first kappa shape index (κ1) is 10.5. The third-order valence-corrected chi connectivity index (χ3v) is 2.25. The highest BCUT2D eigenvalue weighted by Gasteiger charge is 2.68. The lowest BCUT2D eigenvalue weighted by Gasteiger charge is -2.42. The average molecular weight is 217 g/mol. The first-order valence-electron chi connectivity index (χ1n) is 3.34. The zero-order valence-electron chi connectivity index (χ0n) is 6.24. The fourth-order valence-electron chi connectivity index (χ4n) is 1.19. The zero-order valence-corrected chi connectivity index (χ0v) is 6.99. The lowest BCUT2D eigenvalue weighted by molar-refractivity contribution is -0.225. The van der Waals surface area contributed by atoms with Crippen LogP contribution >= 0.6 is 11.6 Å². The van der Waals surface area contributed by atoms with Gasteiger partial charge >= 0.3 is 0 Å². The molecule has 1 aliphatic carbocycles. The van der Waals surface area contributed by atoms with Crippen LogP contribution in [0, 0.1) is 5.92 Å². The fourth-order valence-corrected chi connectivity index (χ4v) is 1.31. The number of allylic oxidation sites excluding steroid dienone is 1. The number of alkyl halides is 4. The van der Waals surface area contributed by atoms with Crippen LogP contribution in [0.3, 0.4) is 0 Å². The van der Waals surface area contributed by atoms with Crippen LogP contribution in [0.1, 0.15) is 0 Å². The molecule has 0 aromatic heterocycles. The third kappa shape index (κ3) is 1.35. The topological polar surface area (TPSA) is 17.1 Å². The smallest absolute Gasteiger partial charge is 0.276 e. The van der Waals surface area contributed by atoms with E-state index in [4.69, 9.17) is 11.6 Å². The van der Waals surface area contributed by atoms with Gasteiger partial charge in [0.1, 0.15) is 0 Å². The molecule has 1 aliphatic rings. The van der Waals surface area contributed by atoms with Gasteiger partial charge in [0, 0.05) is 5.57 Å². The van der Waals surface area contributed by atoms with Gasteiger partial charge in [-0.3, -0.25) is 4.79 Å². The predicted molar refractivity (Wildman–Crippen MR) is 38.2 cm³/mol. The lowest BCUT2D eigenvalue weighted by atomic mass is 9.73. The first-order valence-corrected chi connectivity index (χ1v) is 3.72. The molecule has 1 fully saturated rings. The van der Waals surface area contributed by atoms with Crippen molar-refractivity contribution in [3.8, 4) is 0 Å². The minimum absolute atomic E-state index is 0.784. The van der Waals surface area contributed by atoms with Crippen molar-refractivity contribution in [2.45, 2.75) is 18.3 Å². The Morgan fingerprint density at radius 3 is 2.15 bits per heavy atom. The molecule has 0 spiro atoms. The summed E-state index contributed by atoms with van der Waals surface area (Å²) in [7, 11) is 0. The van der Waals surface area contributed by atoms with Crippen molar-refractivity contribution in [2.75, 3.05) is 0 Å². The summed E-state index contributed by atoms with van der Waals surface area (Å²) in [5.74, 6) is -5.99. The molecule has 0 amide bonds. The molecule has 0 radical (unpaired) electrons. The second-order valence-corrected chi connectivity index (χ2v) is 3.14. The first-order chi connectivity index (χ1) is 5.80. The summed E-state index contributed by atoms with van der Waals surface area (Å²) in [5, 5.41) is -1.26. The molecule has 0 bridgehead atoms. The molecule has 13 heavy (non-hydrogen) atoms. The highest BCUT2D eigenvalue weighted by Crippen LogP contribution is 2.51. The Hall–Kier alpha value is -0.580. The van der Waals surface area contributed by atoms with E-state index in [1.165, 1.54) is 0 Å². The van der Waals surface area contributed by atoms with Gasteiger partial charge in [-0.25, -0.2) is 17.6 Å². The molecule has 1 nitrogen and oxygen atoms in total. The van der Waals surface area contributed by atoms with Crippen LogP contribution in [-0.2, 0) is 4.79 Å². The Morgan fingerprint density at radius 2 is 1.85 bits per heavy atom. The van der Waals surface area contributed by atoms with Gasteiger partial charge in [-0.1, -0.05) is 6.58 Å². The Bertz CT molecular complexity index is 265. The van der Waals surface area contributed by atoms with E-state index in [9.17, 15) is 22.4 Å². The van der Waals surface area contributed by atoms with Crippen molar-refractivity contribution >= 4 is 16.8 Å². The predicted octanol–water partition coefficient (Wildman–Crippen LogP) is 2.25. The van der Waals surface area contributed by atoms with Crippen molar-refractivity contribution in [3.63, 3.8) is 0 Å². The summed E-state index contributed by atoms with van der Waals surface area (Å²) >= 11 is 4.82. The Labute approximate surface area is 76.4 Å². The van der Waals surface area contributed by atoms with E-state index >= 15 is 0 Å². The van der Waals surface area contributed by atoms with Gasteiger partial charge in [-0.2, -0.15) is 0 Å². The van der Waals surface area contributed by atoms with Crippen molar-refractivity contribution < 1.29 is 22.4 Å². The van der Waals surface area contributed by atoms with Crippen molar-refractivity contribution in [1.29, 1.82) is 0 Å². The van der Waals surface area contributed by atoms with Gasteiger partial charge in [0.2, 0.25) is 5.24 Å². The SMILES string of the molecule is C=C(C(=O)Cl)C1C(F)C(F)C1(F)F. The number of carbonyl (C=O) groups excluding carboxylic acids is 1. The number of rotatable bonds is 2. The van der Waals surface area contributed by atoms with E-state index in [1.807, 2.05) is 0 Å². The van der Waals surface area contributed by atoms with Gasteiger partial charge in [-0.05, 0) is 11.6 Å². The maximum atomic E-state index is 12.6. The summed E-state index contributed by atoms with van der Waals surface area (Å²) in [5.41, 5.74) is -0.784. The summed E-state index contributed by atoms with van der Waals surface area (Å²) in [6.07, 6.45) is -5.27. The van der Waals surface area contributed by atoms with E-state index in [2.05, 4.69) is 6.58 Å². The minimum atomic E-state index is -3.87. The van der Waals surface area contributed by atoms with Crippen LogP contribution < -0.4 is 0 Å². The average Bonchev–Trinajstić information content (AvgIpc) is 2.03. The summed E-state index contributed by atoms with van der Waals surface area (Å²) in [4.78, 5) is 10.4. The molecule has 6 heteroatoms. The van der Waals surface area contributed by atoms with E-state index < -0.39 is 35.0 Å². The molecule has 0 saturated heterocycles. The molecular weight excluding hydrogens is 212 g/mol. The summed E-state index contributed by atoms with van der Waals surface area (Å²) in [6, 6.07) is 0. The molecule has 3 unspecified atom stereocenters. The molecule has 0 aliphatic heterocycles. The number of halogens is 5. The Morgan fingerprint density at radius 1 is 1.38 bits per heavy atom. The molecule has 0 N–H and O–H groups in total. The lowest BCUT2D eigenvalue weighted by Crippen LogP contribution is -2.61. The molecule has 1 saturated carbocycles. The summed E-state index contributed by atoms with van der Waals surface area (Å²) < 4.78 is 49.9. The Balaban J connectivity index is 2.84. The monoisotopic (exact) mass is 216 g/mol. The molecular formula is C7H5ClF4O. The quantitative estimate of drug-likeness (QED) is 0.393. The minimum Gasteiger partial charge on any atom is -0.276 e. The van der Waals surface area contributed by atoms with Crippen LogP contribution in [0.4, 0.5) is 17.6 Å². The van der Waals surface area contributed by atoms with Gasteiger partial charge < -0.3 is 0 Å². The van der Waals surface area contributed by atoms with E-state index in [-0.39, 0.29) is 0 Å². The van der Waals surface area contributed by atoms with Gasteiger partial charge in [-0.15, -0.1) is 0 Å². The normalized spacial score (nSPS) is 36.5. The molecule has 1 rings (SSSR count). The van der Waals surface area contributed by atoms with E-state index in [0.717, 1.165) is 0 Å². The molecule has 0 heterocycles. The third-order valence-electron chi connectivity index (χ3n) is 2.01. The highest BCUT2D eigenvalue weighted by molar-refractivity contribution is 6.67. The van der Waals surface area contributed by atoms with E-state index in [0.29, 0.717) is 0 Å². The standard InChI is InChI=1S/C7H5ClF4O/c1-2(6(8)13)3-4(9)5(10)7(3,11)12/h3-5H,1H2. The van der Waals surface area contributed by atoms with Crippen molar-refractivity contribution in [3.05, 3.63) is 12.2 Å². The second kappa shape index (κ2) is 2.97.